The lowest BCUT2D eigenvalue weighted by atomic mass is 10.3. The maximum Gasteiger partial charge on any atom is 0.573 e. The number of benzene rings is 1. The first-order valence-corrected chi connectivity index (χ1v) is 6.45. The highest BCUT2D eigenvalue weighted by Gasteiger charge is 2.31. The topological polar surface area (TPSA) is 47.6 Å². The van der Waals surface area contributed by atoms with Gasteiger partial charge in [-0.3, -0.25) is 4.79 Å². The number of carbonyl (C=O) groups excluding carboxylic acids is 1. The lowest BCUT2D eigenvalue weighted by molar-refractivity contribution is -0.274. The summed E-state index contributed by atoms with van der Waals surface area (Å²) in [6, 6.07) is 3.89. The Balaban J connectivity index is 2.62. The van der Waals surface area contributed by atoms with Crippen molar-refractivity contribution in [1.82, 2.24) is 0 Å². The first-order chi connectivity index (χ1) is 9.17. The monoisotopic (exact) mass is 355 g/mol. The van der Waals surface area contributed by atoms with Gasteiger partial charge in [0.1, 0.15) is 12.3 Å². The van der Waals surface area contributed by atoms with Gasteiger partial charge in [0.2, 0.25) is 0 Å². The first kappa shape index (κ1) is 16.6. The van der Waals surface area contributed by atoms with Gasteiger partial charge in [0.25, 0.3) is 0 Å². The van der Waals surface area contributed by atoms with Crippen LogP contribution in [-0.2, 0) is 9.53 Å². The molecule has 0 saturated heterocycles. The van der Waals surface area contributed by atoms with Crippen molar-refractivity contribution in [1.29, 1.82) is 0 Å². The van der Waals surface area contributed by atoms with Gasteiger partial charge in [0.05, 0.1) is 10.6 Å². The zero-order valence-electron chi connectivity index (χ0n) is 10.8. The summed E-state index contributed by atoms with van der Waals surface area (Å²) in [5, 5.41) is 2.74. The molecule has 0 heterocycles. The highest BCUT2D eigenvalue weighted by Crippen LogP contribution is 2.32. The predicted molar refractivity (Wildman–Crippen MR) is 70.5 cm³/mol. The van der Waals surface area contributed by atoms with Crippen LogP contribution in [-0.4, -0.2) is 25.0 Å². The van der Waals surface area contributed by atoms with Crippen LogP contribution in [0.15, 0.2) is 22.7 Å². The zero-order chi connectivity index (χ0) is 15.3. The third-order valence-electron chi connectivity index (χ3n) is 1.96. The van der Waals surface area contributed by atoms with Crippen LogP contribution in [0.5, 0.6) is 5.75 Å². The maximum absolute atomic E-state index is 12.1. The van der Waals surface area contributed by atoms with E-state index in [0.717, 1.165) is 6.07 Å². The number of halogens is 4. The van der Waals surface area contributed by atoms with Gasteiger partial charge in [-0.2, -0.15) is 0 Å². The number of hydrogen-bond acceptors (Lipinski definition) is 4. The number of alkyl halides is 3. The summed E-state index contributed by atoms with van der Waals surface area (Å²) in [6.07, 6.45) is -4.97. The van der Waals surface area contributed by atoms with E-state index in [1.54, 1.807) is 13.8 Å². The van der Waals surface area contributed by atoms with E-state index in [1.807, 2.05) is 0 Å². The van der Waals surface area contributed by atoms with Crippen molar-refractivity contribution < 1.29 is 27.4 Å². The molecule has 4 nitrogen and oxygen atoms in total. The van der Waals surface area contributed by atoms with Crippen LogP contribution in [0.1, 0.15) is 13.8 Å². The van der Waals surface area contributed by atoms with Gasteiger partial charge >= 0.3 is 12.3 Å². The number of rotatable bonds is 5. The van der Waals surface area contributed by atoms with Crippen molar-refractivity contribution in [3.8, 4) is 5.75 Å². The second kappa shape index (κ2) is 6.83. The van der Waals surface area contributed by atoms with E-state index in [0.29, 0.717) is 5.69 Å². The molecule has 0 aliphatic heterocycles. The van der Waals surface area contributed by atoms with E-state index in [2.05, 4.69) is 26.0 Å². The fraction of sp³-hybridized carbons (Fsp3) is 0.417. The first-order valence-electron chi connectivity index (χ1n) is 5.66. The molecule has 0 aliphatic rings. The van der Waals surface area contributed by atoms with Crippen LogP contribution in [0, 0.1) is 0 Å². The largest absolute Gasteiger partial charge is 0.573 e. The number of anilines is 1. The Hall–Kier alpha value is -1.44. The SMILES string of the molecule is CC(C)OC(=O)CNc1ccc(OC(F)(F)F)c(Br)c1. The maximum atomic E-state index is 12.1. The molecule has 0 bridgehead atoms. The Morgan fingerprint density at radius 2 is 2.05 bits per heavy atom. The third kappa shape index (κ3) is 6.14. The molecule has 20 heavy (non-hydrogen) atoms. The van der Waals surface area contributed by atoms with Crippen LogP contribution in [0.4, 0.5) is 18.9 Å². The molecule has 0 unspecified atom stereocenters. The van der Waals surface area contributed by atoms with Gasteiger partial charge in [-0.1, -0.05) is 0 Å². The molecule has 1 N–H and O–H groups in total. The molecule has 0 atom stereocenters. The second-order valence-electron chi connectivity index (χ2n) is 4.09. The fourth-order valence-corrected chi connectivity index (χ4v) is 1.76. The molecular formula is C12H13BrF3NO3. The summed E-state index contributed by atoms with van der Waals surface area (Å²) in [5.74, 6) is -0.806. The summed E-state index contributed by atoms with van der Waals surface area (Å²) in [7, 11) is 0. The van der Waals surface area contributed by atoms with Crippen LogP contribution in [0.3, 0.4) is 0 Å². The molecule has 0 aromatic heterocycles. The predicted octanol–water partition coefficient (Wildman–Crippen LogP) is 3.71. The minimum absolute atomic E-state index is 0.0793. The molecule has 8 heteroatoms. The minimum atomic E-state index is -4.75. The molecule has 0 aliphatic carbocycles. The molecule has 1 rings (SSSR count). The van der Waals surface area contributed by atoms with E-state index in [9.17, 15) is 18.0 Å². The second-order valence-corrected chi connectivity index (χ2v) is 4.94. The van der Waals surface area contributed by atoms with E-state index >= 15 is 0 Å². The minimum Gasteiger partial charge on any atom is -0.462 e. The average molecular weight is 356 g/mol. The van der Waals surface area contributed by atoms with Gasteiger partial charge in [0, 0.05) is 5.69 Å². The normalized spacial score (nSPS) is 11.3. The van der Waals surface area contributed by atoms with Crippen LogP contribution in [0.2, 0.25) is 0 Å². The van der Waals surface area contributed by atoms with Gasteiger partial charge in [0.15, 0.2) is 0 Å². The van der Waals surface area contributed by atoms with Crippen molar-refractivity contribution in [2.75, 3.05) is 11.9 Å². The zero-order valence-corrected chi connectivity index (χ0v) is 12.3. The average Bonchev–Trinajstić information content (AvgIpc) is 2.27. The lowest BCUT2D eigenvalue weighted by Crippen LogP contribution is -2.20. The molecule has 0 radical (unpaired) electrons. The molecule has 112 valence electrons. The third-order valence-corrected chi connectivity index (χ3v) is 2.58. The number of carbonyl (C=O) groups is 1. The molecule has 0 fully saturated rings. The molecular weight excluding hydrogens is 343 g/mol. The Kier molecular flexibility index (Phi) is 5.67. The Morgan fingerprint density at radius 3 is 2.55 bits per heavy atom. The molecule has 1 aromatic rings. The Labute approximate surface area is 122 Å². The Bertz CT molecular complexity index is 478. The quantitative estimate of drug-likeness (QED) is 0.818. The van der Waals surface area contributed by atoms with Crippen molar-refractivity contribution in [2.45, 2.75) is 26.3 Å². The molecule has 0 amide bonds. The standard InChI is InChI=1S/C12H13BrF3NO3/c1-7(2)19-11(18)6-17-8-3-4-10(9(13)5-8)20-12(14,15)16/h3-5,7,17H,6H2,1-2H3. The summed E-state index contributed by atoms with van der Waals surface area (Å²) < 4.78 is 45.1. The Morgan fingerprint density at radius 1 is 1.40 bits per heavy atom. The van der Waals surface area contributed by atoms with Crippen molar-refractivity contribution in [3.05, 3.63) is 22.7 Å². The van der Waals surface area contributed by atoms with Crippen LogP contribution < -0.4 is 10.1 Å². The van der Waals surface area contributed by atoms with Crippen LogP contribution in [0.25, 0.3) is 0 Å². The summed E-state index contributed by atoms with van der Waals surface area (Å²) in [4.78, 5) is 11.3. The number of ether oxygens (including phenoxy) is 2. The number of hydrogen-bond donors (Lipinski definition) is 1. The van der Waals surface area contributed by atoms with E-state index in [-0.39, 0.29) is 22.9 Å². The highest BCUT2D eigenvalue weighted by molar-refractivity contribution is 9.10. The van der Waals surface area contributed by atoms with Gasteiger partial charge in [-0.25, -0.2) is 0 Å². The summed E-state index contributed by atoms with van der Waals surface area (Å²) in [6.45, 7) is 3.36. The molecule has 0 spiro atoms. The smallest absolute Gasteiger partial charge is 0.462 e. The molecule has 0 saturated carbocycles. The number of esters is 1. The van der Waals surface area contributed by atoms with Gasteiger partial charge in [-0.15, -0.1) is 13.2 Å². The van der Waals surface area contributed by atoms with E-state index < -0.39 is 12.3 Å². The molecule has 1 aromatic carbocycles. The van der Waals surface area contributed by atoms with Crippen molar-refractivity contribution >= 4 is 27.6 Å². The fourth-order valence-electron chi connectivity index (χ4n) is 1.30. The van der Waals surface area contributed by atoms with Gasteiger partial charge < -0.3 is 14.8 Å². The van der Waals surface area contributed by atoms with E-state index in [4.69, 9.17) is 4.74 Å². The van der Waals surface area contributed by atoms with Crippen LogP contribution >= 0.6 is 15.9 Å². The number of nitrogens with one attached hydrogen (secondary N) is 1. The summed E-state index contributed by atoms with van der Waals surface area (Å²) >= 11 is 2.97. The lowest BCUT2D eigenvalue weighted by Gasteiger charge is -2.13. The van der Waals surface area contributed by atoms with E-state index in [1.165, 1.54) is 12.1 Å². The highest BCUT2D eigenvalue weighted by atomic mass is 79.9. The van der Waals surface area contributed by atoms with Gasteiger partial charge in [-0.05, 0) is 48.0 Å². The van der Waals surface area contributed by atoms with Crippen molar-refractivity contribution in [2.24, 2.45) is 0 Å². The van der Waals surface area contributed by atoms with Crippen molar-refractivity contribution in [3.63, 3.8) is 0 Å². The summed E-state index contributed by atoms with van der Waals surface area (Å²) in [5.41, 5.74) is 0.465.